The van der Waals surface area contributed by atoms with E-state index in [1.807, 2.05) is 0 Å². The smallest absolute Gasteiger partial charge is 0.310 e. The van der Waals surface area contributed by atoms with Crippen LogP contribution in [0.3, 0.4) is 0 Å². The molecule has 0 bridgehead atoms. The summed E-state index contributed by atoms with van der Waals surface area (Å²) in [4.78, 5) is 11.9. The Kier molecular flexibility index (Phi) is 6.57. The number of aryl methyl sites for hydroxylation is 2. The topological polar surface area (TPSA) is 61.6 Å². The number of nitrogens with zero attached hydrogens (tertiary/aromatic N) is 1. The lowest BCUT2D eigenvalue weighted by molar-refractivity contribution is -0.144. The first kappa shape index (κ1) is 22.3. The fraction of sp³-hybridized carbons (Fsp3) is 0.238. The molecule has 31 heavy (non-hydrogen) atoms. The second-order valence-electron chi connectivity index (χ2n) is 6.62. The molecule has 0 unspecified atom stereocenters. The number of carbonyl (C=O) groups excluding carboxylic acids is 1. The average Bonchev–Trinajstić information content (AvgIpc) is 3.07. The first-order valence-corrected chi connectivity index (χ1v) is 8.98. The van der Waals surface area contributed by atoms with E-state index in [1.54, 1.807) is 38.1 Å². The molecule has 0 saturated carbocycles. The highest BCUT2D eigenvalue weighted by molar-refractivity contribution is 5.72. The van der Waals surface area contributed by atoms with Gasteiger partial charge in [-0.2, -0.15) is 0 Å². The Morgan fingerprint density at radius 2 is 1.45 bits per heavy atom. The van der Waals surface area contributed by atoms with Gasteiger partial charge >= 0.3 is 5.97 Å². The number of benzene rings is 2. The summed E-state index contributed by atoms with van der Waals surface area (Å²) in [5.74, 6) is -10.3. The van der Waals surface area contributed by atoms with Crippen molar-refractivity contribution in [1.82, 2.24) is 5.16 Å². The quantitative estimate of drug-likeness (QED) is 0.227. The minimum absolute atomic E-state index is 0.241. The van der Waals surface area contributed by atoms with Crippen molar-refractivity contribution in [3.8, 4) is 5.75 Å². The van der Waals surface area contributed by atoms with Crippen LogP contribution in [0.1, 0.15) is 28.1 Å². The van der Waals surface area contributed by atoms with Gasteiger partial charge in [-0.1, -0.05) is 17.3 Å². The van der Waals surface area contributed by atoms with Crippen molar-refractivity contribution in [3.05, 3.63) is 81.5 Å². The summed E-state index contributed by atoms with van der Waals surface area (Å²) >= 11 is 0. The number of carbonyl (C=O) groups is 1. The second-order valence-corrected chi connectivity index (χ2v) is 6.62. The van der Waals surface area contributed by atoms with E-state index in [9.17, 15) is 26.7 Å². The zero-order valence-electron chi connectivity index (χ0n) is 16.4. The lowest BCUT2D eigenvalue weighted by Crippen LogP contribution is -2.13. The molecule has 3 rings (SSSR count). The normalized spacial score (nSPS) is 10.9. The van der Waals surface area contributed by atoms with Crippen LogP contribution >= 0.6 is 0 Å². The molecule has 0 radical (unpaired) electrons. The molecule has 0 N–H and O–H groups in total. The van der Waals surface area contributed by atoms with Gasteiger partial charge in [0, 0.05) is 0 Å². The first-order valence-electron chi connectivity index (χ1n) is 8.98. The Morgan fingerprint density at radius 3 is 2.00 bits per heavy atom. The molecule has 5 nitrogen and oxygen atoms in total. The van der Waals surface area contributed by atoms with Crippen LogP contribution in [0.5, 0.6) is 5.75 Å². The third-order valence-electron chi connectivity index (χ3n) is 4.51. The summed E-state index contributed by atoms with van der Waals surface area (Å²) < 4.78 is 82.0. The summed E-state index contributed by atoms with van der Waals surface area (Å²) in [5.41, 5.74) is 0.811. The van der Waals surface area contributed by atoms with E-state index in [-0.39, 0.29) is 13.0 Å². The third-order valence-corrected chi connectivity index (χ3v) is 4.51. The third kappa shape index (κ3) is 4.84. The number of hydrogen-bond donors (Lipinski definition) is 0. The molecule has 1 aromatic heterocycles. The maximum absolute atomic E-state index is 13.6. The van der Waals surface area contributed by atoms with Gasteiger partial charge in [0.1, 0.15) is 24.7 Å². The van der Waals surface area contributed by atoms with E-state index in [0.29, 0.717) is 22.8 Å². The largest absolute Gasteiger partial charge is 0.489 e. The molecule has 3 aromatic rings. The molecule has 0 saturated heterocycles. The van der Waals surface area contributed by atoms with Crippen LogP contribution < -0.4 is 4.74 Å². The molecule has 0 aliphatic carbocycles. The number of aromatic nitrogens is 1. The zero-order chi connectivity index (χ0) is 22.7. The lowest BCUT2D eigenvalue weighted by Gasteiger charge is -2.10. The van der Waals surface area contributed by atoms with Gasteiger partial charge in [0.2, 0.25) is 5.82 Å². The fourth-order valence-corrected chi connectivity index (χ4v) is 2.71. The molecule has 0 aliphatic rings. The van der Waals surface area contributed by atoms with Crippen molar-refractivity contribution < 1.29 is 40.7 Å². The number of rotatable bonds is 7. The van der Waals surface area contributed by atoms with Crippen LogP contribution in [0.25, 0.3) is 0 Å². The lowest BCUT2D eigenvalue weighted by atomic mass is 10.1. The molecular weight excluding hydrogens is 425 g/mol. The second kappa shape index (κ2) is 9.15. The molecule has 0 amide bonds. The van der Waals surface area contributed by atoms with Gasteiger partial charge in [0.15, 0.2) is 23.3 Å². The maximum atomic E-state index is 13.6. The number of esters is 1. The number of halogens is 5. The van der Waals surface area contributed by atoms with Crippen LogP contribution in [0.4, 0.5) is 22.0 Å². The Labute approximate surface area is 173 Å². The highest BCUT2D eigenvalue weighted by Gasteiger charge is 2.26. The van der Waals surface area contributed by atoms with Gasteiger partial charge in [-0.25, -0.2) is 22.0 Å². The summed E-state index contributed by atoms with van der Waals surface area (Å²) in [6, 6.07) is 6.35. The summed E-state index contributed by atoms with van der Waals surface area (Å²) in [6.07, 6.45) is -0.278. The predicted molar refractivity (Wildman–Crippen MR) is 96.5 cm³/mol. The number of ether oxygens (including phenoxy) is 2. The summed E-state index contributed by atoms with van der Waals surface area (Å²) in [7, 11) is 0. The van der Waals surface area contributed by atoms with E-state index >= 15 is 0 Å². The minimum Gasteiger partial charge on any atom is -0.489 e. The van der Waals surface area contributed by atoms with Crippen LogP contribution in [0.15, 0.2) is 28.8 Å². The Bertz CT molecular complexity index is 1060. The number of hydrogen-bond acceptors (Lipinski definition) is 5. The van der Waals surface area contributed by atoms with Crippen LogP contribution in [-0.2, 0) is 29.2 Å². The van der Waals surface area contributed by atoms with Crippen LogP contribution in [-0.4, -0.2) is 11.1 Å². The fourth-order valence-electron chi connectivity index (χ4n) is 2.71. The summed E-state index contributed by atoms with van der Waals surface area (Å²) in [5, 5.41) is 3.83. The molecule has 164 valence electrons. The molecule has 10 heteroatoms. The van der Waals surface area contributed by atoms with Crippen LogP contribution in [0, 0.1) is 42.9 Å². The van der Waals surface area contributed by atoms with E-state index < -0.39 is 47.2 Å². The Balaban J connectivity index is 1.57. The van der Waals surface area contributed by atoms with E-state index in [4.69, 9.17) is 9.26 Å². The van der Waals surface area contributed by atoms with Crippen molar-refractivity contribution >= 4 is 5.97 Å². The molecule has 0 aliphatic heterocycles. The van der Waals surface area contributed by atoms with Gasteiger partial charge < -0.3 is 14.0 Å². The molecule has 0 fully saturated rings. The maximum Gasteiger partial charge on any atom is 0.310 e. The Morgan fingerprint density at radius 1 is 0.871 bits per heavy atom. The van der Waals surface area contributed by atoms with Crippen molar-refractivity contribution in [1.29, 1.82) is 0 Å². The SMILES string of the molecule is Cc1noc(C)c1COc1ccc(CC(=O)OCc2c(F)c(F)c(F)c(F)c2F)cc1. The Hall–Kier alpha value is -3.43. The molecule has 0 atom stereocenters. The van der Waals surface area contributed by atoms with Crippen molar-refractivity contribution in [3.63, 3.8) is 0 Å². The van der Waals surface area contributed by atoms with E-state index in [2.05, 4.69) is 9.89 Å². The highest BCUT2D eigenvalue weighted by Crippen LogP contribution is 2.24. The standard InChI is InChI=1S/C21H16F5NO4/c1-10-14(11(2)31-27-10)8-29-13-5-3-12(4-6-13)7-16(28)30-9-15-17(22)19(24)21(26)20(25)18(15)23/h3-6H,7-9H2,1-2H3. The van der Waals surface area contributed by atoms with Crippen molar-refractivity contribution in [2.45, 2.75) is 33.5 Å². The van der Waals surface area contributed by atoms with E-state index in [0.717, 1.165) is 5.56 Å². The van der Waals surface area contributed by atoms with Gasteiger partial charge in [-0.15, -0.1) is 0 Å². The van der Waals surface area contributed by atoms with Gasteiger partial charge in [-0.05, 0) is 31.5 Å². The van der Waals surface area contributed by atoms with Crippen LogP contribution in [0.2, 0.25) is 0 Å². The summed E-state index contributed by atoms with van der Waals surface area (Å²) in [6.45, 7) is 2.70. The van der Waals surface area contributed by atoms with Crippen molar-refractivity contribution in [2.75, 3.05) is 0 Å². The van der Waals surface area contributed by atoms with Gasteiger partial charge in [0.05, 0.1) is 23.2 Å². The van der Waals surface area contributed by atoms with Crippen molar-refractivity contribution in [2.24, 2.45) is 0 Å². The van der Waals surface area contributed by atoms with Gasteiger partial charge in [0.25, 0.3) is 0 Å². The van der Waals surface area contributed by atoms with E-state index in [1.165, 1.54) is 0 Å². The minimum atomic E-state index is -2.28. The molecular formula is C21H16F5NO4. The predicted octanol–water partition coefficient (Wildman–Crippen LogP) is 4.85. The molecule has 1 heterocycles. The first-order chi connectivity index (χ1) is 14.7. The molecule has 0 spiro atoms. The molecule has 2 aromatic carbocycles. The van der Waals surface area contributed by atoms with Gasteiger partial charge in [-0.3, -0.25) is 4.79 Å². The average molecular weight is 441 g/mol. The monoisotopic (exact) mass is 441 g/mol. The zero-order valence-corrected chi connectivity index (χ0v) is 16.4. The highest BCUT2D eigenvalue weighted by atomic mass is 19.2.